The van der Waals surface area contributed by atoms with Gasteiger partial charge in [0, 0.05) is 0 Å². The van der Waals surface area contributed by atoms with Crippen molar-refractivity contribution in [3.63, 3.8) is 0 Å². The van der Waals surface area contributed by atoms with Crippen molar-refractivity contribution in [2.24, 2.45) is 0 Å². The van der Waals surface area contributed by atoms with E-state index in [1.807, 2.05) is 0 Å². The van der Waals surface area contributed by atoms with Crippen molar-refractivity contribution >= 4 is 14.8 Å². The van der Waals surface area contributed by atoms with Gasteiger partial charge in [0.1, 0.15) is 0 Å². The number of hydrogen-bond acceptors (Lipinski definition) is 2. The molecule has 0 aliphatic carbocycles. The second-order valence-corrected chi connectivity index (χ2v) is 2.41. The van der Waals surface area contributed by atoms with Gasteiger partial charge in [-0.1, -0.05) is 9.24 Å². The van der Waals surface area contributed by atoms with Crippen LogP contribution in [-0.2, 0) is 9.53 Å². The molecule has 2 unspecified atom stereocenters. The molecule has 0 spiro atoms. The summed E-state index contributed by atoms with van der Waals surface area (Å²) < 4.78 is 4.79. The highest BCUT2D eigenvalue weighted by atomic mass is 31.0. The Hall–Kier alpha value is 0.0600. The molecule has 7 heavy (non-hydrogen) atoms. The van der Waals surface area contributed by atoms with E-state index in [1.165, 1.54) is 0 Å². The highest BCUT2D eigenvalue weighted by Crippen LogP contribution is 2.28. The van der Waals surface area contributed by atoms with Crippen molar-refractivity contribution in [3.8, 4) is 0 Å². The Morgan fingerprint density at radius 2 is 2.43 bits per heavy atom. The molecular weight excluding hydrogens is 111 g/mol. The van der Waals surface area contributed by atoms with Crippen LogP contribution in [0.2, 0.25) is 0 Å². The molecule has 0 aromatic heterocycles. The largest absolute Gasteiger partial charge is 0.361 e. The molecule has 0 saturated carbocycles. The zero-order valence-corrected chi connectivity index (χ0v) is 5.26. The molecule has 1 aliphatic heterocycles. The van der Waals surface area contributed by atoms with Crippen LogP contribution in [0.3, 0.4) is 0 Å². The van der Waals surface area contributed by atoms with Crippen LogP contribution < -0.4 is 0 Å². The molecule has 0 radical (unpaired) electrons. The molecule has 1 rings (SSSR count). The molecule has 0 N–H and O–H groups in total. The standard InChI is InChI=1S/C4H7O2P/c1-4(2-6-4)3(5)7/h2,7H2,1H3. The van der Waals surface area contributed by atoms with Gasteiger partial charge in [-0.2, -0.15) is 0 Å². The Morgan fingerprint density at radius 1 is 2.00 bits per heavy atom. The Morgan fingerprint density at radius 3 is 2.43 bits per heavy atom. The van der Waals surface area contributed by atoms with Gasteiger partial charge in [0.05, 0.1) is 6.61 Å². The van der Waals surface area contributed by atoms with Gasteiger partial charge >= 0.3 is 0 Å². The van der Waals surface area contributed by atoms with Crippen molar-refractivity contribution < 1.29 is 9.53 Å². The molecule has 1 heterocycles. The topological polar surface area (TPSA) is 29.6 Å². The quantitative estimate of drug-likeness (QED) is 0.363. The molecule has 2 atom stereocenters. The van der Waals surface area contributed by atoms with Crippen LogP contribution in [0.5, 0.6) is 0 Å². The van der Waals surface area contributed by atoms with E-state index in [1.54, 1.807) is 6.92 Å². The lowest BCUT2D eigenvalue weighted by atomic mass is 10.2. The van der Waals surface area contributed by atoms with Gasteiger partial charge in [-0.3, -0.25) is 4.79 Å². The lowest BCUT2D eigenvalue weighted by molar-refractivity contribution is -0.115. The second-order valence-electron chi connectivity index (χ2n) is 1.88. The number of hydrogen-bond donors (Lipinski definition) is 0. The fourth-order valence-electron chi connectivity index (χ4n) is 0.251. The van der Waals surface area contributed by atoms with E-state index >= 15 is 0 Å². The first-order chi connectivity index (χ1) is 3.15. The van der Waals surface area contributed by atoms with Gasteiger partial charge in [-0.25, -0.2) is 0 Å². The van der Waals surface area contributed by atoms with E-state index in [0.29, 0.717) is 6.61 Å². The van der Waals surface area contributed by atoms with E-state index in [0.717, 1.165) is 0 Å². The molecule has 1 aliphatic rings. The zero-order chi connectivity index (χ0) is 5.49. The zero-order valence-electron chi connectivity index (χ0n) is 4.10. The number of carbonyl (C=O) groups excluding carboxylic acids is 1. The third kappa shape index (κ3) is 0.817. The molecule has 1 saturated heterocycles. The molecule has 0 amide bonds. The summed E-state index contributed by atoms with van der Waals surface area (Å²) in [6, 6.07) is 0. The van der Waals surface area contributed by atoms with Crippen molar-refractivity contribution in [1.82, 2.24) is 0 Å². The van der Waals surface area contributed by atoms with Gasteiger partial charge in [0.25, 0.3) is 0 Å². The predicted octanol–water partition coefficient (Wildman–Crippen LogP) is 0.177. The third-order valence-electron chi connectivity index (χ3n) is 1.10. The maximum Gasteiger partial charge on any atom is 0.181 e. The summed E-state index contributed by atoms with van der Waals surface area (Å²) in [7, 11) is 2.10. The monoisotopic (exact) mass is 118 g/mol. The Balaban J connectivity index is 2.55. The second kappa shape index (κ2) is 1.27. The number of rotatable bonds is 1. The fourth-order valence-corrected chi connectivity index (χ4v) is 0.417. The van der Waals surface area contributed by atoms with Gasteiger partial charge in [0.15, 0.2) is 11.1 Å². The predicted molar refractivity (Wildman–Crippen MR) is 29.1 cm³/mol. The van der Waals surface area contributed by atoms with Crippen LogP contribution in [0.15, 0.2) is 0 Å². The highest BCUT2D eigenvalue weighted by Gasteiger charge is 2.44. The van der Waals surface area contributed by atoms with Gasteiger partial charge in [0.2, 0.25) is 0 Å². The SMILES string of the molecule is CC1(C(=O)P)CO1. The molecule has 0 aromatic rings. The normalized spacial score (nSPS) is 38.0. The van der Waals surface area contributed by atoms with E-state index in [4.69, 9.17) is 4.74 Å². The summed E-state index contributed by atoms with van der Waals surface area (Å²) in [6.45, 7) is 2.37. The van der Waals surface area contributed by atoms with E-state index in [-0.39, 0.29) is 5.52 Å². The van der Waals surface area contributed by atoms with Crippen molar-refractivity contribution in [2.75, 3.05) is 6.61 Å². The van der Waals surface area contributed by atoms with Crippen LogP contribution in [0.1, 0.15) is 6.92 Å². The Kier molecular flexibility index (Phi) is 0.943. The van der Waals surface area contributed by atoms with Crippen LogP contribution in [-0.4, -0.2) is 17.7 Å². The summed E-state index contributed by atoms with van der Waals surface area (Å²) in [6.07, 6.45) is 0. The lowest BCUT2D eigenvalue weighted by Gasteiger charge is -1.91. The average Bonchev–Trinajstić information content (AvgIpc) is 2.21. The summed E-state index contributed by atoms with van der Waals surface area (Å²) in [4.78, 5) is 10.4. The third-order valence-corrected chi connectivity index (χ3v) is 1.71. The minimum absolute atomic E-state index is 0.0486. The average molecular weight is 118 g/mol. The minimum Gasteiger partial charge on any atom is -0.361 e. The summed E-state index contributed by atoms with van der Waals surface area (Å²) in [5.41, 5.74) is -0.377. The Labute approximate surface area is 44.4 Å². The lowest BCUT2D eigenvalue weighted by Crippen LogP contribution is -2.12. The highest BCUT2D eigenvalue weighted by molar-refractivity contribution is 7.40. The first-order valence-corrected chi connectivity index (χ1v) is 2.67. The van der Waals surface area contributed by atoms with Crippen molar-refractivity contribution in [3.05, 3.63) is 0 Å². The van der Waals surface area contributed by atoms with E-state index in [9.17, 15) is 4.79 Å². The van der Waals surface area contributed by atoms with Gasteiger partial charge < -0.3 is 4.74 Å². The maximum absolute atomic E-state index is 10.4. The molecule has 0 bridgehead atoms. The fraction of sp³-hybridized carbons (Fsp3) is 0.750. The van der Waals surface area contributed by atoms with Crippen molar-refractivity contribution in [2.45, 2.75) is 12.5 Å². The number of carbonyl (C=O) groups is 1. The van der Waals surface area contributed by atoms with E-state index in [2.05, 4.69) is 9.24 Å². The van der Waals surface area contributed by atoms with Gasteiger partial charge in [-0.15, -0.1) is 0 Å². The molecule has 0 aromatic carbocycles. The van der Waals surface area contributed by atoms with Crippen LogP contribution >= 0.6 is 9.24 Å². The summed E-state index contributed by atoms with van der Waals surface area (Å²) >= 11 is 0. The first kappa shape index (κ1) is 5.20. The maximum atomic E-state index is 10.4. The van der Waals surface area contributed by atoms with Crippen LogP contribution in [0, 0.1) is 0 Å². The molecular formula is C4H7O2P. The number of ether oxygens (including phenoxy) is 1. The summed E-state index contributed by atoms with van der Waals surface area (Å²) in [5.74, 6) is 0. The summed E-state index contributed by atoms with van der Waals surface area (Å²) in [5, 5.41) is 0. The minimum atomic E-state index is -0.426. The Bertz CT molecular complexity index is 106. The van der Waals surface area contributed by atoms with Crippen LogP contribution in [0.25, 0.3) is 0 Å². The van der Waals surface area contributed by atoms with Crippen LogP contribution in [0.4, 0.5) is 0 Å². The number of epoxide rings is 1. The smallest absolute Gasteiger partial charge is 0.181 e. The van der Waals surface area contributed by atoms with E-state index < -0.39 is 5.60 Å². The molecule has 3 heteroatoms. The molecule has 40 valence electrons. The molecule has 1 fully saturated rings. The first-order valence-electron chi connectivity index (χ1n) is 2.09. The van der Waals surface area contributed by atoms with Gasteiger partial charge in [-0.05, 0) is 6.92 Å². The van der Waals surface area contributed by atoms with Crippen molar-refractivity contribution in [1.29, 1.82) is 0 Å². The molecule has 2 nitrogen and oxygen atoms in total.